The minimum absolute atomic E-state index is 0.0780. The zero-order chi connectivity index (χ0) is 27.6. The fourth-order valence-corrected chi connectivity index (χ4v) is 7.54. The average molecular weight is 487 g/mol. The second-order valence-electron chi connectivity index (χ2n) is 15.8. The molecule has 0 unspecified atom stereocenters. The molecule has 0 spiro atoms. The summed E-state index contributed by atoms with van der Waals surface area (Å²) in [6, 6.07) is 5.08. The second-order valence-corrected chi connectivity index (χ2v) is 15.8. The summed E-state index contributed by atoms with van der Waals surface area (Å²) in [7, 11) is 0. The lowest BCUT2D eigenvalue weighted by Gasteiger charge is -2.42. The first-order valence-corrected chi connectivity index (χ1v) is 14.1. The standard InChI is InChI=1S/C36H54/c1-22-18-35(12,13)19-23(2)30(22)32(31-24(3)20-36(14,15)21-25(31)4)27-16-28(33(6,7)8)26(5)29(17-27)34(9,10)11/h16-17,32H,1,3,18-21H2,2,4-15H3. The van der Waals surface area contributed by atoms with E-state index in [1.807, 2.05) is 0 Å². The summed E-state index contributed by atoms with van der Waals surface area (Å²) >= 11 is 0. The van der Waals surface area contributed by atoms with E-state index in [2.05, 4.69) is 102 Å². The van der Waals surface area contributed by atoms with E-state index in [1.165, 1.54) is 55.7 Å². The van der Waals surface area contributed by atoms with Gasteiger partial charge >= 0.3 is 0 Å². The minimum atomic E-state index is 0.0780. The van der Waals surface area contributed by atoms with Crippen LogP contribution in [0.2, 0.25) is 0 Å². The van der Waals surface area contributed by atoms with Gasteiger partial charge in [-0.1, -0.05) is 117 Å². The molecular formula is C36H54. The Morgan fingerprint density at radius 1 is 0.639 bits per heavy atom. The maximum absolute atomic E-state index is 4.71. The van der Waals surface area contributed by atoms with Crippen LogP contribution in [0.4, 0.5) is 0 Å². The molecule has 2 aliphatic carbocycles. The van der Waals surface area contributed by atoms with Gasteiger partial charge in [0.15, 0.2) is 0 Å². The van der Waals surface area contributed by atoms with E-state index in [4.69, 9.17) is 13.2 Å². The molecule has 0 atom stereocenters. The Balaban J connectivity index is 2.44. The van der Waals surface area contributed by atoms with Gasteiger partial charge in [-0.05, 0) is 102 Å². The molecule has 0 nitrogen and oxygen atoms in total. The largest absolute Gasteiger partial charge is 0.0955 e. The van der Waals surface area contributed by atoms with E-state index in [9.17, 15) is 0 Å². The molecule has 3 rings (SSSR count). The third kappa shape index (κ3) is 5.69. The van der Waals surface area contributed by atoms with E-state index < -0.39 is 0 Å². The summed E-state index contributed by atoms with van der Waals surface area (Å²) in [5, 5.41) is 0. The van der Waals surface area contributed by atoms with Crippen molar-refractivity contribution in [3.8, 4) is 0 Å². The molecule has 0 fully saturated rings. The van der Waals surface area contributed by atoms with Crippen molar-refractivity contribution < 1.29 is 0 Å². The smallest absolute Gasteiger partial charge is 0.0344 e. The molecule has 2 aliphatic rings. The molecule has 36 heavy (non-hydrogen) atoms. The maximum atomic E-state index is 4.71. The molecule has 0 amide bonds. The second kappa shape index (κ2) is 9.18. The van der Waals surface area contributed by atoms with Crippen LogP contribution in [-0.4, -0.2) is 0 Å². The number of hydrogen-bond acceptors (Lipinski definition) is 0. The van der Waals surface area contributed by atoms with Crippen molar-refractivity contribution in [3.63, 3.8) is 0 Å². The topological polar surface area (TPSA) is 0 Å². The van der Waals surface area contributed by atoms with Crippen LogP contribution in [0.25, 0.3) is 0 Å². The zero-order valence-corrected chi connectivity index (χ0v) is 26.0. The van der Waals surface area contributed by atoms with Gasteiger partial charge in [0, 0.05) is 5.92 Å². The first kappa shape index (κ1) is 28.7. The van der Waals surface area contributed by atoms with Crippen LogP contribution in [0.3, 0.4) is 0 Å². The van der Waals surface area contributed by atoms with Crippen LogP contribution < -0.4 is 0 Å². The monoisotopic (exact) mass is 486 g/mol. The lowest BCUT2D eigenvalue weighted by Crippen LogP contribution is -2.27. The quantitative estimate of drug-likeness (QED) is 0.398. The molecular weight excluding hydrogens is 432 g/mol. The fourth-order valence-electron chi connectivity index (χ4n) is 7.54. The third-order valence-electron chi connectivity index (χ3n) is 8.51. The molecule has 198 valence electrons. The normalized spacial score (nSPS) is 21.1. The highest BCUT2D eigenvalue weighted by Crippen LogP contribution is 2.54. The Kier molecular flexibility index (Phi) is 7.33. The number of allylic oxidation sites excluding steroid dienone is 6. The molecule has 0 heteroatoms. The van der Waals surface area contributed by atoms with Crippen LogP contribution in [0.1, 0.15) is 137 Å². The van der Waals surface area contributed by atoms with E-state index in [-0.39, 0.29) is 27.6 Å². The summed E-state index contributed by atoms with van der Waals surface area (Å²) < 4.78 is 0. The van der Waals surface area contributed by atoms with Crippen molar-refractivity contribution in [2.24, 2.45) is 10.8 Å². The van der Waals surface area contributed by atoms with Gasteiger partial charge in [0.25, 0.3) is 0 Å². The SMILES string of the molecule is C=C1CC(C)(C)CC(C)=C1C(C1=C(C)CC(C)(C)CC1=C)c1cc(C(C)(C)C)c(C)c(C(C)(C)C)c1. The molecule has 0 saturated carbocycles. The first-order valence-electron chi connectivity index (χ1n) is 14.1. The predicted octanol–water partition coefficient (Wildman–Crippen LogP) is 11.1. The van der Waals surface area contributed by atoms with Gasteiger partial charge in [-0.2, -0.15) is 0 Å². The highest BCUT2D eigenvalue weighted by Gasteiger charge is 2.38. The van der Waals surface area contributed by atoms with Crippen molar-refractivity contribution in [3.05, 3.63) is 81.0 Å². The molecule has 0 aromatic heterocycles. The molecule has 0 N–H and O–H groups in total. The summed E-state index contributed by atoms with van der Waals surface area (Å²) in [5.41, 5.74) is 15.1. The summed E-state index contributed by atoms with van der Waals surface area (Å²) in [6.07, 6.45) is 4.38. The average Bonchev–Trinajstić information content (AvgIpc) is 2.62. The molecule has 0 heterocycles. The molecule has 1 aromatic carbocycles. The third-order valence-corrected chi connectivity index (χ3v) is 8.51. The Morgan fingerprint density at radius 3 is 1.25 bits per heavy atom. The molecule has 0 aliphatic heterocycles. The Morgan fingerprint density at radius 2 is 0.972 bits per heavy atom. The van der Waals surface area contributed by atoms with Gasteiger partial charge in [0.1, 0.15) is 0 Å². The van der Waals surface area contributed by atoms with Crippen LogP contribution in [0, 0.1) is 17.8 Å². The highest BCUT2D eigenvalue weighted by molar-refractivity contribution is 5.59. The van der Waals surface area contributed by atoms with Gasteiger partial charge in [0.05, 0.1) is 0 Å². The summed E-state index contributed by atoms with van der Waals surface area (Å²) in [6.45, 7) is 40.2. The fraction of sp³-hybridized carbons (Fsp3) is 0.611. The molecule has 1 aromatic rings. The summed E-state index contributed by atoms with van der Waals surface area (Å²) in [4.78, 5) is 0. The lowest BCUT2D eigenvalue weighted by molar-refractivity contribution is 0.339. The van der Waals surface area contributed by atoms with Gasteiger partial charge in [0.2, 0.25) is 0 Å². The number of benzene rings is 1. The first-order chi connectivity index (χ1) is 16.1. The Hall–Kier alpha value is -1.82. The minimum Gasteiger partial charge on any atom is -0.0955 e. The van der Waals surface area contributed by atoms with Crippen LogP contribution in [-0.2, 0) is 10.8 Å². The molecule has 0 radical (unpaired) electrons. The molecule has 0 saturated heterocycles. The van der Waals surface area contributed by atoms with E-state index in [0.29, 0.717) is 0 Å². The van der Waals surface area contributed by atoms with Crippen molar-refractivity contribution in [2.45, 2.75) is 132 Å². The lowest BCUT2D eigenvalue weighted by atomic mass is 9.62. The Bertz CT molecular complexity index is 1050. The van der Waals surface area contributed by atoms with E-state index in [0.717, 1.165) is 25.7 Å². The van der Waals surface area contributed by atoms with E-state index >= 15 is 0 Å². The van der Waals surface area contributed by atoms with E-state index in [1.54, 1.807) is 0 Å². The predicted molar refractivity (Wildman–Crippen MR) is 161 cm³/mol. The van der Waals surface area contributed by atoms with Crippen molar-refractivity contribution in [1.29, 1.82) is 0 Å². The Labute approximate surface area is 224 Å². The highest BCUT2D eigenvalue weighted by atomic mass is 14.4. The van der Waals surface area contributed by atoms with Gasteiger partial charge in [-0.25, -0.2) is 0 Å². The van der Waals surface area contributed by atoms with Crippen molar-refractivity contribution in [1.82, 2.24) is 0 Å². The van der Waals surface area contributed by atoms with Gasteiger partial charge in [-0.3, -0.25) is 0 Å². The number of hydrogen-bond donors (Lipinski definition) is 0. The van der Waals surface area contributed by atoms with Crippen LogP contribution >= 0.6 is 0 Å². The van der Waals surface area contributed by atoms with Crippen molar-refractivity contribution in [2.75, 3.05) is 0 Å². The van der Waals surface area contributed by atoms with Crippen LogP contribution in [0.15, 0.2) is 58.7 Å². The zero-order valence-electron chi connectivity index (χ0n) is 26.0. The maximum Gasteiger partial charge on any atom is 0.0344 e. The van der Waals surface area contributed by atoms with Crippen molar-refractivity contribution >= 4 is 0 Å². The van der Waals surface area contributed by atoms with Gasteiger partial charge < -0.3 is 0 Å². The summed E-state index contributed by atoms with van der Waals surface area (Å²) in [5.74, 6) is 0.208. The van der Waals surface area contributed by atoms with Gasteiger partial charge in [-0.15, -0.1) is 0 Å². The van der Waals surface area contributed by atoms with Crippen LogP contribution in [0.5, 0.6) is 0 Å². The molecule has 0 bridgehead atoms. The number of rotatable bonds is 3.